The van der Waals surface area contributed by atoms with Crippen LogP contribution in [0.1, 0.15) is 10.4 Å². The molecule has 0 aromatic heterocycles. The molecule has 1 rings (SSSR count). The standard InChI is InChI=1S/C11H9FO4/c1-7(11(14)15)6-16-10-3-2-8(5-13)4-9(10)12/h2-5H,1,6H2,(H,14,15). The smallest absolute Gasteiger partial charge is 0.334 e. The molecular formula is C11H9FO4. The zero-order valence-electron chi connectivity index (χ0n) is 8.27. The molecule has 4 nitrogen and oxygen atoms in total. The number of aliphatic carboxylic acids is 1. The number of hydrogen-bond donors (Lipinski definition) is 1. The van der Waals surface area contributed by atoms with Crippen molar-refractivity contribution in [2.24, 2.45) is 0 Å². The minimum Gasteiger partial charge on any atom is -0.486 e. The van der Waals surface area contributed by atoms with Crippen LogP contribution >= 0.6 is 0 Å². The minimum absolute atomic E-state index is 0.118. The summed E-state index contributed by atoms with van der Waals surface area (Å²) in [5.74, 6) is -2.04. The van der Waals surface area contributed by atoms with Crippen molar-refractivity contribution >= 4 is 12.3 Å². The van der Waals surface area contributed by atoms with Crippen LogP contribution in [-0.4, -0.2) is 24.0 Å². The molecule has 84 valence electrons. The van der Waals surface area contributed by atoms with Gasteiger partial charge in [0.1, 0.15) is 12.9 Å². The highest BCUT2D eigenvalue weighted by Gasteiger charge is 2.08. The van der Waals surface area contributed by atoms with Crippen LogP contribution in [-0.2, 0) is 4.79 Å². The van der Waals surface area contributed by atoms with Crippen molar-refractivity contribution in [1.82, 2.24) is 0 Å². The van der Waals surface area contributed by atoms with Crippen LogP contribution in [0, 0.1) is 5.82 Å². The van der Waals surface area contributed by atoms with Gasteiger partial charge in [0.25, 0.3) is 0 Å². The first kappa shape index (κ1) is 11.9. The molecule has 0 amide bonds. The third kappa shape index (κ3) is 2.91. The largest absolute Gasteiger partial charge is 0.486 e. The summed E-state index contributed by atoms with van der Waals surface area (Å²) in [7, 11) is 0. The lowest BCUT2D eigenvalue weighted by molar-refractivity contribution is -0.133. The summed E-state index contributed by atoms with van der Waals surface area (Å²) < 4.78 is 18.1. The molecule has 0 atom stereocenters. The van der Waals surface area contributed by atoms with Gasteiger partial charge in [-0.1, -0.05) is 6.58 Å². The molecule has 0 aliphatic carbocycles. The van der Waals surface area contributed by atoms with Gasteiger partial charge in [-0.2, -0.15) is 0 Å². The maximum Gasteiger partial charge on any atom is 0.334 e. The highest BCUT2D eigenvalue weighted by Crippen LogP contribution is 2.18. The van der Waals surface area contributed by atoms with Crippen molar-refractivity contribution in [3.8, 4) is 5.75 Å². The number of aldehydes is 1. The molecule has 1 aromatic carbocycles. The third-order valence-electron chi connectivity index (χ3n) is 1.80. The van der Waals surface area contributed by atoms with E-state index in [1.54, 1.807) is 0 Å². The van der Waals surface area contributed by atoms with E-state index >= 15 is 0 Å². The summed E-state index contributed by atoms with van der Waals surface area (Å²) in [6.45, 7) is 2.92. The van der Waals surface area contributed by atoms with Crippen LogP contribution in [0.2, 0.25) is 0 Å². The van der Waals surface area contributed by atoms with E-state index < -0.39 is 11.8 Å². The van der Waals surface area contributed by atoms with Gasteiger partial charge < -0.3 is 9.84 Å². The SMILES string of the molecule is C=C(COc1ccc(C=O)cc1F)C(=O)O. The van der Waals surface area contributed by atoms with Gasteiger partial charge >= 0.3 is 5.97 Å². The molecule has 0 aliphatic rings. The molecule has 0 fully saturated rings. The van der Waals surface area contributed by atoms with Crippen LogP contribution in [0.5, 0.6) is 5.75 Å². The molecule has 1 N–H and O–H groups in total. The van der Waals surface area contributed by atoms with E-state index in [2.05, 4.69) is 6.58 Å². The summed E-state index contributed by atoms with van der Waals surface area (Å²) in [5, 5.41) is 8.49. The van der Waals surface area contributed by atoms with Gasteiger partial charge in [-0.25, -0.2) is 9.18 Å². The van der Waals surface area contributed by atoms with Crippen LogP contribution in [0.3, 0.4) is 0 Å². The fourth-order valence-electron chi connectivity index (χ4n) is 0.934. The summed E-state index contributed by atoms with van der Waals surface area (Å²) in [5.41, 5.74) is 0.000718. The number of carbonyl (C=O) groups excluding carboxylic acids is 1. The Morgan fingerprint density at radius 1 is 1.56 bits per heavy atom. The number of rotatable bonds is 5. The van der Waals surface area contributed by atoms with Crippen LogP contribution in [0.25, 0.3) is 0 Å². The van der Waals surface area contributed by atoms with Crippen LogP contribution < -0.4 is 4.74 Å². The normalized spacial score (nSPS) is 9.56. The first-order valence-corrected chi connectivity index (χ1v) is 4.33. The number of hydrogen-bond acceptors (Lipinski definition) is 3. The molecule has 0 saturated carbocycles. The lowest BCUT2D eigenvalue weighted by Gasteiger charge is -2.06. The third-order valence-corrected chi connectivity index (χ3v) is 1.80. The molecule has 0 unspecified atom stereocenters. The molecule has 16 heavy (non-hydrogen) atoms. The Morgan fingerprint density at radius 2 is 2.25 bits per heavy atom. The quantitative estimate of drug-likeness (QED) is 0.610. The first-order valence-electron chi connectivity index (χ1n) is 4.33. The van der Waals surface area contributed by atoms with Gasteiger partial charge in [-0.05, 0) is 18.2 Å². The van der Waals surface area contributed by atoms with Crippen molar-refractivity contribution in [2.45, 2.75) is 0 Å². The van der Waals surface area contributed by atoms with Crippen LogP contribution in [0.15, 0.2) is 30.4 Å². The van der Waals surface area contributed by atoms with E-state index in [9.17, 15) is 14.0 Å². The molecule has 0 saturated heterocycles. The fourth-order valence-corrected chi connectivity index (χ4v) is 0.934. The second-order valence-corrected chi connectivity index (χ2v) is 3.01. The lowest BCUT2D eigenvalue weighted by Crippen LogP contribution is -2.09. The Bertz CT molecular complexity index is 440. The van der Waals surface area contributed by atoms with E-state index in [1.807, 2.05) is 0 Å². The van der Waals surface area contributed by atoms with Crippen molar-refractivity contribution < 1.29 is 23.8 Å². The average molecular weight is 224 g/mol. The molecule has 5 heteroatoms. The molecular weight excluding hydrogens is 215 g/mol. The van der Waals surface area contributed by atoms with E-state index in [-0.39, 0.29) is 23.5 Å². The molecule has 0 aliphatic heterocycles. The maximum atomic E-state index is 13.2. The second-order valence-electron chi connectivity index (χ2n) is 3.01. The Labute approximate surface area is 91.0 Å². The van der Waals surface area contributed by atoms with Crippen molar-refractivity contribution in [2.75, 3.05) is 6.61 Å². The Kier molecular flexibility index (Phi) is 3.77. The summed E-state index contributed by atoms with van der Waals surface area (Å²) in [4.78, 5) is 20.7. The van der Waals surface area contributed by atoms with Crippen molar-refractivity contribution in [3.05, 3.63) is 41.7 Å². The number of carbonyl (C=O) groups is 2. The predicted octanol–water partition coefficient (Wildman–Crippen LogP) is 1.66. The Hall–Kier alpha value is -2.17. The molecule has 0 bridgehead atoms. The van der Waals surface area contributed by atoms with Crippen molar-refractivity contribution in [1.29, 1.82) is 0 Å². The lowest BCUT2D eigenvalue weighted by atomic mass is 10.2. The second kappa shape index (κ2) is 5.06. The number of halogens is 1. The van der Waals surface area contributed by atoms with Gasteiger partial charge in [0.05, 0.1) is 5.57 Å². The van der Waals surface area contributed by atoms with E-state index in [4.69, 9.17) is 9.84 Å². The fraction of sp³-hybridized carbons (Fsp3) is 0.0909. The Balaban J connectivity index is 2.71. The number of carboxylic acids is 1. The van der Waals surface area contributed by atoms with Gasteiger partial charge in [-0.15, -0.1) is 0 Å². The monoisotopic (exact) mass is 224 g/mol. The summed E-state index contributed by atoms with van der Waals surface area (Å²) >= 11 is 0. The van der Waals surface area contributed by atoms with E-state index in [0.29, 0.717) is 6.29 Å². The van der Waals surface area contributed by atoms with E-state index in [0.717, 1.165) is 6.07 Å². The number of carboxylic acid groups (broad SMARTS) is 1. The zero-order valence-corrected chi connectivity index (χ0v) is 8.27. The highest BCUT2D eigenvalue weighted by molar-refractivity contribution is 5.86. The predicted molar refractivity (Wildman–Crippen MR) is 54.1 cm³/mol. The van der Waals surface area contributed by atoms with Crippen molar-refractivity contribution in [3.63, 3.8) is 0 Å². The number of benzene rings is 1. The first-order chi connectivity index (χ1) is 7.54. The topological polar surface area (TPSA) is 63.6 Å². The Morgan fingerprint density at radius 3 is 2.75 bits per heavy atom. The van der Waals surface area contributed by atoms with Gasteiger partial charge in [0.2, 0.25) is 0 Å². The maximum absolute atomic E-state index is 13.2. The zero-order chi connectivity index (χ0) is 12.1. The number of ether oxygens (including phenoxy) is 1. The molecule has 1 aromatic rings. The molecule has 0 spiro atoms. The molecule has 0 heterocycles. The summed E-state index contributed by atoms with van der Waals surface area (Å²) in [6.07, 6.45) is 0.503. The average Bonchev–Trinajstić information content (AvgIpc) is 2.26. The molecule has 0 radical (unpaired) electrons. The van der Waals surface area contributed by atoms with E-state index in [1.165, 1.54) is 12.1 Å². The minimum atomic E-state index is -1.20. The summed E-state index contributed by atoms with van der Waals surface area (Å²) in [6, 6.07) is 3.63. The van der Waals surface area contributed by atoms with Gasteiger partial charge in [0, 0.05) is 5.56 Å². The van der Waals surface area contributed by atoms with Crippen LogP contribution in [0.4, 0.5) is 4.39 Å². The van der Waals surface area contributed by atoms with Gasteiger partial charge in [0.15, 0.2) is 11.6 Å². The van der Waals surface area contributed by atoms with Gasteiger partial charge in [-0.3, -0.25) is 4.79 Å². The highest BCUT2D eigenvalue weighted by atomic mass is 19.1.